The molecule has 53 heavy (non-hydrogen) atoms. The van der Waals surface area contributed by atoms with E-state index in [9.17, 15) is 19.5 Å². The van der Waals surface area contributed by atoms with Crippen LogP contribution >= 0.6 is 11.6 Å². The number of aliphatic hydroxyl groups excluding tert-OH is 1. The highest BCUT2D eigenvalue weighted by Gasteiger charge is 2.60. The smallest absolute Gasteiger partial charge is 0.410 e. The van der Waals surface area contributed by atoms with Crippen molar-refractivity contribution in [3.8, 4) is 5.75 Å². The highest BCUT2D eigenvalue weighted by molar-refractivity contribution is 6.30. The third kappa shape index (κ3) is 9.56. The first-order valence-corrected chi connectivity index (χ1v) is 19.3. The number of esters is 1. The van der Waals surface area contributed by atoms with Gasteiger partial charge in [-0.25, -0.2) is 9.59 Å². The Balaban J connectivity index is 1.69. The van der Waals surface area contributed by atoms with Gasteiger partial charge in [-0.2, -0.15) is 0 Å². The maximum atomic E-state index is 14.6. The number of halogens is 1. The molecule has 1 unspecified atom stereocenters. The lowest BCUT2D eigenvalue weighted by Crippen LogP contribution is -2.59. The number of ether oxygens (including phenoxy) is 6. The zero-order valence-electron chi connectivity index (χ0n) is 33.3. The second-order valence-corrected chi connectivity index (χ2v) is 16.2. The summed E-state index contributed by atoms with van der Waals surface area (Å²) in [6, 6.07) is 6.07. The monoisotopic (exact) mass is 764 g/mol. The summed E-state index contributed by atoms with van der Waals surface area (Å²) in [5, 5.41) is 12.0. The van der Waals surface area contributed by atoms with E-state index >= 15 is 0 Å². The summed E-state index contributed by atoms with van der Waals surface area (Å²) in [5.74, 6) is -1.74. The first kappa shape index (κ1) is 43.0. The van der Waals surface area contributed by atoms with E-state index in [1.54, 1.807) is 56.2 Å². The largest absolute Gasteiger partial charge is 0.494 e. The van der Waals surface area contributed by atoms with Crippen molar-refractivity contribution in [1.29, 1.82) is 0 Å². The Labute approximate surface area is 320 Å². The minimum absolute atomic E-state index is 0.100. The van der Waals surface area contributed by atoms with Crippen LogP contribution in [0.2, 0.25) is 5.02 Å². The molecule has 3 aliphatic heterocycles. The second kappa shape index (κ2) is 17.8. The summed E-state index contributed by atoms with van der Waals surface area (Å²) in [7, 11) is 5.39. The van der Waals surface area contributed by atoms with Crippen LogP contribution in [0.1, 0.15) is 81.1 Å². The lowest BCUT2D eigenvalue weighted by Gasteiger charge is -2.47. The average Bonchev–Trinajstić information content (AvgIpc) is 3.37. The van der Waals surface area contributed by atoms with Crippen LogP contribution in [0.5, 0.6) is 5.75 Å². The van der Waals surface area contributed by atoms with E-state index in [-0.39, 0.29) is 30.9 Å². The maximum Gasteiger partial charge on any atom is 0.410 e. The van der Waals surface area contributed by atoms with Gasteiger partial charge in [-0.05, 0) is 91.7 Å². The van der Waals surface area contributed by atoms with Gasteiger partial charge in [0, 0.05) is 48.0 Å². The Kier molecular flexibility index (Phi) is 14.4. The summed E-state index contributed by atoms with van der Waals surface area (Å²) in [4.78, 5) is 45.6. The first-order chi connectivity index (χ1) is 24.9. The quantitative estimate of drug-likeness (QED) is 0.221. The number of amides is 1. The number of methoxy groups -OCH3 is 1. The van der Waals surface area contributed by atoms with Crippen LogP contribution in [0.15, 0.2) is 35.9 Å². The number of carbonyl (C=O) groups is 3. The molecule has 3 aliphatic rings. The Hall–Kier alpha value is -2.74. The zero-order chi connectivity index (χ0) is 39.4. The molecule has 3 heterocycles. The van der Waals surface area contributed by atoms with Crippen molar-refractivity contribution in [3.05, 3.63) is 40.9 Å². The van der Waals surface area contributed by atoms with E-state index in [1.165, 1.54) is 0 Å². The first-order valence-electron chi connectivity index (χ1n) is 18.9. The normalized spacial score (nSPS) is 38.4. The molecule has 12 atom stereocenters. The summed E-state index contributed by atoms with van der Waals surface area (Å²) >= 11 is 6.01. The van der Waals surface area contributed by atoms with Gasteiger partial charge in [-0.3, -0.25) is 4.79 Å². The lowest BCUT2D eigenvalue weighted by molar-refractivity contribution is -0.294. The van der Waals surface area contributed by atoms with E-state index in [2.05, 4.69) is 0 Å². The third-order valence-corrected chi connectivity index (χ3v) is 11.7. The number of ketones is 1. The van der Waals surface area contributed by atoms with Crippen molar-refractivity contribution in [3.63, 3.8) is 0 Å². The minimum Gasteiger partial charge on any atom is -0.494 e. The number of cyclic esters (lactones) is 1. The summed E-state index contributed by atoms with van der Waals surface area (Å²) in [6.07, 6.45) is -0.862. The molecule has 0 radical (unpaired) electrons. The number of hydrogen-bond donors (Lipinski definition) is 1. The van der Waals surface area contributed by atoms with Crippen molar-refractivity contribution in [2.75, 3.05) is 34.4 Å². The number of fused-ring (bicyclic) bond motifs is 1. The molecular weight excluding hydrogens is 704 g/mol. The van der Waals surface area contributed by atoms with Crippen LogP contribution in [0.25, 0.3) is 0 Å². The Bertz CT molecular complexity index is 1460. The molecule has 12 nitrogen and oxygen atoms in total. The predicted octanol–water partition coefficient (Wildman–Crippen LogP) is 6.05. The Morgan fingerprint density at radius 3 is 2.34 bits per heavy atom. The second-order valence-electron chi connectivity index (χ2n) is 15.8. The molecule has 0 spiro atoms. The van der Waals surface area contributed by atoms with Crippen molar-refractivity contribution in [2.24, 2.45) is 17.8 Å². The van der Waals surface area contributed by atoms with Gasteiger partial charge >= 0.3 is 12.1 Å². The van der Waals surface area contributed by atoms with Gasteiger partial charge in [0.1, 0.15) is 23.7 Å². The number of Topliss-reactive ketones (excluding diaryl/α,β-unsaturated/α-hetero) is 1. The Morgan fingerprint density at radius 1 is 1.08 bits per heavy atom. The van der Waals surface area contributed by atoms with E-state index < -0.39 is 71.7 Å². The van der Waals surface area contributed by atoms with Crippen LogP contribution < -0.4 is 4.74 Å². The maximum absolute atomic E-state index is 14.6. The van der Waals surface area contributed by atoms with Crippen molar-refractivity contribution in [2.45, 2.75) is 135 Å². The van der Waals surface area contributed by atoms with Gasteiger partial charge in [0.2, 0.25) is 0 Å². The van der Waals surface area contributed by atoms with Crippen LogP contribution in [0.3, 0.4) is 0 Å². The molecule has 2 saturated heterocycles. The number of aliphatic hydroxyl groups is 1. The molecule has 2 fully saturated rings. The molecule has 0 aromatic heterocycles. The summed E-state index contributed by atoms with van der Waals surface area (Å²) in [5.41, 5.74) is -2.07. The number of benzene rings is 1. The zero-order valence-corrected chi connectivity index (χ0v) is 34.1. The Morgan fingerprint density at radius 2 is 1.74 bits per heavy atom. The molecule has 13 heteroatoms. The van der Waals surface area contributed by atoms with Gasteiger partial charge in [0.25, 0.3) is 0 Å². The average molecular weight is 765 g/mol. The number of likely N-dealkylation sites (N-methyl/N-ethyl adjacent to an activating group) is 1. The lowest BCUT2D eigenvalue weighted by atomic mass is 9.74. The molecule has 0 bridgehead atoms. The van der Waals surface area contributed by atoms with Gasteiger partial charge in [-0.1, -0.05) is 45.4 Å². The van der Waals surface area contributed by atoms with Gasteiger partial charge in [-0.15, -0.1) is 0 Å². The molecule has 1 N–H and O–H groups in total. The van der Waals surface area contributed by atoms with E-state index in [4.69, 9.17) is 40.0 Å². The van der Waals surface area contributed by atoms with Crippen LogP contribution in [0, 0.1) is 17.8 Å². The molecule has 1 aromatic rings. The SMILES string of the molecule is CCC1OC(=O)/C(C)=C/[C@H](C)[C@@H](O[C@@H]2O[C@H](C)C[C@H](N(C)C)[C@H]2O)[C@](C)(OC)C[C@@H](C)C(=O)[C@H](C)[C@H]2N(CCCOc3ccc(Cl)cc3)C(=O)O[C@]12C. The molecule has 0 aliphatic carbocycles. The van der Waals surface area contributed by atoms with Gasteiger partial charge in [0.15, 0.2) is 11.9 Å². The van der Waals surface area contributed by atoms with E-state index in [0.717, 1.165) is 0 Å². The molecule has 4 rings (SSSR count). The number of nitrogens with zero attached hydrogens (tertiary/aromatic N) is 2. The summed E-state index contributed by atoms with van der Waals surface area (Å²) in [6.45, 7) is 15.2. The van der Waals surface area contributed by atoms with Crippen LogP contribution in [-0.2, 0) is 33.3 Å². The predicted molar refractivity (Wildman–Crippen MR) is 201 cm³/mol. The fourth-order valence-electron chi connectivity index (χ4n) is 8.57. The molecular formula is C40H61ClN2O10. The number of rotatable bonds is 10. The van der Waals surface area contributed by atoms with Crippen molar-refractivity contribution >= 4 is 29.4 Å². The fourth-order valence-corrected chi connectivity index (χ4v) is 8.69. The van der Waals surface area contributed by atoms with Crippen LogP contribution in [-0.4, -0.2) is 121 Å². The molecule has 1 aromatic carbocycles. The van der Waals surface area contributed by atoms with Crippen LogP contribution in [0.4, 0.5) is 4.79 Å². The highest BCUT2D eigenvalue weighted by atomic mass is 35.5. The standard InChI is InChI=1S/C40H61ClN2O10/c1-12-31-40(8)34(43(38(47)53-40)18-13-19-49-29-16-14-28(41)15-17-29)27(6)32(44)25(4)22-39(7,48-11)35(23(2)20-24(3)36(46)51-31)52-37-33(45)30(42(9)10)21-26(5)50-37/h14-17,20,23,25-27,30-31,33-35,37,45H,12-13,18-19,21-22H2,1-11H3/b24-20+/t23-,25+,26+,27-,30-,31?,33+,34+,35+,37-,39+,40+/m0/s1. The van der Waals surface area contributed by atoms with E-state index in [1.807, 2.05) is 60.5 Å². The topological polar surface area (TPSA) is 133 Å². The molecule has 1 amide bonds. The molecule has 0 saturated carbocycles. The fraction of sp³-hybridized carbons (Fsp3) is 0.725. The minimum atomic E-state index is -1.33. The molecule has 298 valence electrons. The van der Waals surface area contributed by atoms with Gasteiger partial charge < -0.3 is 43.3 Å². The third-order valence-electron chi connectivity index (χ3n) is 11.4. The highest BCUT2D eigenvalue weighted by Crippen LogP contribution is 2.43. The van der Waals surface area contributed by atoms with Crippen molar-refractivity contribution < 1.29 is 47.9 Å². The van der Waals surface area contributed by atoms with Crippen molar-refractivity contribution in [1.82, 2.24) is 9.80 Å². The number of hydrogen-bond acceptors (Lipinski definition) is 11. The van der Waals surface area contributed by atoms with Gasteiger partial charge in [0.05, 0.1) is 30.5 Å². The van der Waals surface area contributed by atoms with E-state index in [0.29, 0.717) is 42.2 Å². The number of carbonyl (C=O) groups excluding carboxylic acids is 3. The summed E-state index contributed by atoms with van der Waals surface area (Å²) < 4.78 is 37.3.